The van der Waals surface area contributed by atoms with Crippen LogP contribution in [0.1, 0.15) is 10.4 Å². The van der Waals surface area contributed by atoms with E-state index in [4.69, 9.17) is 16.3 Å². The lowest BCUT2D eigenvalue weighted by molar-refractivity contribution is 0.0967. The molecule has 0 atom stereocenters. The molecule has 2 aromatic rings. The highest BCUT2D eigenvalue weighted by Crippen LogP contribution is 2.14. The van der Waals surface area contributed by atoms with E-state index >= 15 is 0 Å². The van der Waals surface area contributed by atoms with Crippen LogP contribution in [0, 0.1) is 0 Å². The Labute approximate surface area is 104 Å². The Bertz CT molecular complexity index is 537. The number of aromatic nitrogens is 2. The van der Waals surface area contributed by atoms with Crippen molar-refractivity contribution in [2.45, 2.75) is 6.54 Å². The van der Waals surface area contributed by atoms with Crippen molar-refractivity contribution in [1.29, 1.82) is 0 Å². The lowest BCUT2D eigenvalue weighted by Gasteiger charge is -2.04. The van der Waals surface area contributed by atoms with Crippen molar-refractivity contribution >= 4 is 17.4 Å². The molecule has 0 fully saturated rings. The number of benzene rings is 1. The third-order valence-corrected chi connectivity index (χ3v) is 2.49. The number of halogens is 1. The third-order valence-electron chi connectivity index (χ3n) is 2.30. The zero-order valence-electron chi connectivity index (χ0n) is 9.26. The Morgan fingerprint density at radius 1 is 1.53 bits per heavy atom. The van der Waals surface area contributed by atoms with Gasteiger partial charge in [0.25, 0.3) is 0 Å². The molecule has 0 saturated heterocycles. The number of ether oxygens (including phenoxy) is 1. The van der Waals surface area contributed by atoms with Crippen molar-refractivity contribution in [3.63, 3.8) is 0 Å². The molecule has 0 N–H and O–H groups in total. The summed E-state index contributed by atoms with van der Waals surface area (Å²) in [5.41, 5.74) is 0.593. The molecular formula is C12H11ClN2O2. The summed E-state index contributed by atoms with van der Waals surface area (Å²) >= 11 is 5.72. The molecule has 88 valence electrons. The van der Waals surface area contributed by atoms with Gasteiger partial charge in [-0.05, 0) is 12.1 Å². The summed E-state index contributed by atoms with van der Waals surface area (Å²) in [7, 11) is 1.57. The molecule has 1 aromatic heterocycles. The Hall–Kier alpha value is -1.81. The second kappa shape index (κ2) is 5.01. The van der Waals surface area contributed by atoms with Crippen LogP contribution < -0.4 is 4.74 Å². The Balaban J connectivity index is 2.14. The number of hydrogen-bond acceptors (Lipinski definition) is 3. The van der Waals surface area contributed by atoms with Crippen LogP contribution in [0.2, 0.25) is 5.02 Å². The standard InChI is InChI=1S/C12H11ClN2O2/c1-17-11-4-2-3-9(5-11)12(16)8-15-7-10(13)6-14-15/h2-7H,8H2,1H3. The van der Waals surface area contributed by atoms with Crippen molar-refractivity contribution in [2.24, 2.45) is 0 Å². The largest absolute Gasteiger partial charge is 0.497 e. The lowest BCUT2D eigenvalue weighted by atomic mass is 10.1. The zero-order chi connectivity index (χ0) is 12.3. The van der Waals surface area contributed by atoms with E-state index in [0.717, 1.165) is 0 Å². The fraction of sp³-hybridized carbons (Fsp3) is 0.167. The Morgan fingerprint density at radius 3 is 3.00 bits per heavy atom. The predicted molar refractivity (Wildman–Crippen MR) is 64.6 cm³/mol. The van der Waals surface area contributed by atoms with Gasteiger partial charge in [-0.2, -0.15) is 5.10 Å². The molecule has 1 aromatic carbocycles. The van der Waals surface area contributed by atoms with Crippen LogP contribution in [0.4, 0.5) is 0 Å². The van der Waals surface area contributed by atoms with Gasteiger partial charge >= 0.3 is 0 Å². The number of rotatable bonds is 4. The highest BCUT2D eigenvalue weighted by Gasteiger charge is 2.08. The normalized spacial score (nSPS) is 10.2. The van der Waals surface area contributed by atoms with Crippen LogP contribution in [-0.4, -0.2) is 22.7 Å². The first-order valence-corrected chi connectivity index (χ1v) is 5.42. The van der Waals surface area contributed by atoms with Crippen LogP contribution in [0.25, 0.3) is 0 Å². The van der Waals surface area contributed by atoms with Gasteiger partial charge in [-0.25, -0.2) is 0 Å². The second-order valence-electron chi connectivity index (χ2n) is 3.51. The first kappa shape index (κ1) is 11.7. The van der Waals surface area contributed by atoms with E-state index in [-0.39, 0.29) is 12.3 Å². The topological polar surface area (TPSA) is 44.1 Å². The number of carbonyl (C=O) groups excluding carboxylic acids is 1. The smallest absolute Gasteiger partial charge is 0.184 e. The molecule has 0 amide bonds. The van der Waals surface area contributed by atoms with Crippen LogP contribution in [0.3, 0.4) is 0 Å². The van der Waals surface area contributed by atoms with Gasteiger partial charge in [-0.3, -0.25) is 9.48 Å². The molecule has 5 heteroatoms. The number of hydrogen-bond donors (Lipinski definition) is 0. The monoisotopic (exact) mass is 250 g/mol. The average Bonchev–Trinajstić information content (AvgIpc) is 2.75. The van der Waals surface area contributed by atoms with Gasteiger partial charge in [-0.1, -0.05) is 23.7 Å². The first-order valence-electron chi connectivity index (χ1n) is 5.04. The maximum absolute atomic E-state index is 11.9. The van der Waals surface area contributed by atoms with Crippen molar-refractivity contribution < 1.29 is 9.53 Å². The van der Waals surface area contributed by atoms with Gasteiger partial charge in [0, 0.05) is 11.8 Å². The van der Waals surface area contributed by atoms with Crippen LogP contribution >= 0.6 is 11.6 Å². The molecule has 0 bridgehead atoms. The van der Waals surface area contributed by atoms with Crippen molar-refractivity contribution in [3.8, 4) is 5.75 Å². The van der Waals surface area contributed by atoms with Crippen molar-refractivity contribution in [3.05, 3.63) is 47.2 Å². The zero-order valence-corrected chi connectivity index (χ0v) is 10.0. The predicted octanol–water partition coefficient (Wildman–Crippen LogP) is 2.43. The fourth-order valence-electron chi connectivity index (χ4n) is 1.46. The number of ketones is 1. The molecule has 0 aliphatic carbocycles. The summed E-state index contributed by atoms with van der Waals surface area (Å²) in [6.45, 7) is 0.167. The number of Topliss-reactive ketones (excluding diaryl/α,β-unsaturated/α-hetero) is 1. The van der Waals surface area contributed by atoms with Gasteiger partial charge in [-0.15, -0.1) is 0 Å². The van der Waals surface area contributed by atoms with Gasteiger partial charge in [0.05, 0.1) is 18.3 Å². The SMILES string of the molecule is COc1cccc(C(=O)Cn2cc(Cl)cn2)c1. The number of nitrogens with zero attached hydrogens (tertiary/aromatic N) is 2. The fourth-order valence-corrected chi connectivity index (χ4v) is 1.62. The second-order valence-corrected chi connectivity index (χ2v) is 3.95. The summed E-state index contributed by atoms with van der Waals surface area (Å²) in [6, 6.07) is 7.02. The summed E-state index contributed by atoms with van der Waals surface area (Å²) < 4.78 is 6.57. The quantitative estimate of drug-likeness (QED) is 0.783. The minimum atomic E-state index is -0.0383. The summed E-state index contributed by atoms with van der Waals surface area (Å²) in [5, 5.41) is 4.47. The molecule has 2 rings (SSSR count). The molecule has 0 unspecified atom stereocenters. The Kier molecular flexibility index (Phi) is 3.44. The molecule has 0 aliphatic heterocycles. The average molecular weight is 251 g/mol. The molecule has 17 heavy (non-hydrogen) atoms. The summed E-state index contributed by atoms with van der Waals surface area (Å²) in [4.78, 5) is 11.9. The maximum Gasteiger partial charge on any atom is 0.184 e. The lowest BCUT2D eigenvalue weighted by Crippen LogP contribution is -2.10. The van der Waals surface area contributed by atoms with Gasteiger partial charge in [0.2, 0.25) is 0 Å². The molecular weight excluding hydrogens is 240 g/mol. The van der Waals surface area contributed by atoms with Crippen molar-refractivity contribution in [1.82, 2.24) is 9.78 Å². The summed E-state index contributed by atoms with van der Waals surface area (Å²) in [6.07, 6.45) is 3.11. The van der Waals surface area contributed by atoms with Gasteiger partial charge in [0.1, 0.15) is 12.3 Å². The van der Waals surface area contributed by atoms with Crippen LogP contribution in [-0.2, 0) is 6.54 Å². The molecule has 0 spiro atoms. The molecule has 1 heterocycles. The van der Waals surface area contributed by atoms with E-state index in [1.807, 2.05) is 0 Å². The molecule has 0 aliphatic rings. The number of methoxy groups -OCH3 is 1. The molecule has 4 nitrogen and oxygen atoms in total. The van der Waals surface area contributed by atoms with E-state index < -0.39 is 0 Å². The first-order chi connectivity index (χ1) is 8.19. The molecule has 0 saturated carbocycles. The third kappa shape index (κ3) is 2.85. The highest BCUT2D eigenvalue weighted by atomic mass is 35.5. The van der Waals surface area contributed by atoms with Crippen molar-refractivity contribution in [2.75, 3.05) is 7.11 Å². The molecule has 0 radical (unpaired) electrons. The van der Waals surface area contributed by atoms with E-state index in [1.54, 1.807) is 37.6 Å². The van der Waals surface area contributed by atoms with Crippen LogP contribution in [0.15, 0.2) is 36.7 Å². The highest BCUT2D eigenvalue weighted by molar-refractivity contribution is 6.30. The van der Waals surface area contributed by atoms with E-state index in [9.17, 15) is 4.79 Å². The minimum Gasteiger partial charge on any atom is -0.497 e. The van der Waals surface area contributed by atoms with E-state index in [2.05, 4.69) is 5.10 Å². The van der Waals surface area contributed by atoms with Gasteiger partial charge in [0.15, 0.2) is 5.78 Å². The Morgan fingerprint density at radius 2 is 2.35 bits per heavy atom. The summed E-state index contributed by atoms with van der Waals surface area (Å²) in [5.74, 6) is 0.623. The van der Waals surface area contributed by atoms with E-state index in [1.165, 1.54) is 10.9 Å². The maximum atomic E-state index is 11.9. The number of carbonyl (C=O) groups is 1. The minimum absolute atomic E-state index is 0.0383. The van der Waals surface area contributed by atoms with Gasteiger partial charge < -0.3 is 4.74 Å². The van der Waals surface area contributed by atoms with Crippen LogP contribution in [0.5, 0.6) is 5.75 Å². The van der Waals surface area contributed by atoms with E-state index in [0.29, 0.717) is 16.3 Å².